The van der Waals surface area contributed by atoms with Gasteiger partial charge < -0.3 is 10.2 Å². The minimum Gasteiger partial charge on any atom is -0.463 e. The zero-order valence-electron chi connectivity index (χ0n) is 14.8. The van der Waals surface area contributed by atoms with Gasteiger partial charge in [-0.05, 0) is 35.7 Å². The normalized spacial score (nSPS) is 12.4. The van der Waals surface area contributed by atoms with Crippen LogP contribution in [-0.2, 0) is 9.84 Å². The lowest BCUT2D eigenvalue weighted by atomic mass is 10.3. The van der Waals surface area contributed by atoms with E-state index in [2.05, 4.69) is 15.1 Å². The average molecular weight is 423 g/mol. The number of nitrogen functional groups attached to an aromatic ring is 1. The van der Waals surface area contributed by atoms with E-state index < -0.39 is 9.84 Å². The second-order valence-corrected chi connectivity index (χ2v) is 9.17. The number of hydrogen-bond acceptors (Lipinski definition) is 8. The van der Waals surface area contributed by atoms with Crippen molar-refractivity contribution in [2.24, 2.45) is 5.10 Å². The van der Waals surface area contributed by atoms with Crippen LogP contribution in [0.3, 0.4) is 0 Å². The Hall–Kier alpha value is -3.50. The highest BCUT2D eigenvalue weighted by Gasteiger charge is 2.31. The summed E-state index contributed by atoms with van der Waals surface area (Å²) in [6.45, 7) is 0. The number of benzene rings is 1. The van der Waals surface area contributed by atoms with Gasteiger partial charge in [-0.3, -0.25) is 0 Å². The molecule has 10 heteroatoms. The molecule has 2 N–H and O–H groups in total. The highest BCUT2D eigenvalue weighted by molar-refractivity contribution is 7.93. The number of para-hydroxylation sites is 2. The summed E-state index contributed by atoms with van der Waals surface area (Å²) in [7, 11) is -3.90. The van der Waals surface area contributed by atoms with Crippen LogP contribution >= 0.6 is 11.3 Å². The second kappa shape index (κ2) is 6.54. The zero-order chi connectivity index (χ0) is 20.0. The van der Waals surface area contributed by atoms with E-state index in [1.54, 1.807) is 35.7 Å². The van der Waals surface area contributed by atoms with E-state index in [1.807, 2.05) is 12.1 Å². The molecule has 5 rings (SSSR count). The molecule has 0 fully saturated rings. The van der Waals surface area contributed by atoms with Crippen molar-refractivity contribution in [3.8, 4) is 0 Å². The molecule has 8 nitrogen and oxygen atoms in total. The Morgan fingerprint density at radius 1 is 1.07 bits per heavy atom. The minimum absolute atomic E-state index is 0.0634. The van der Waals surface area contributed by atoms with Crippen molar-refractivity contribution in [1.29, 1.82) is 0 Å². The number of hydrogen-bond donors (Lipinski definition) is 1. The van der Waals surface area contributed by atoms with E-state index in [1.165, 1.54) is 23.2 Å². The molecule has 0 aliphatic heterocycles. The van der Waals surface area contributed by atoms with Crippen LogP contribution in [0, 0.1) is 0 Å². The average Bonchev–Trinajstić information content (AvgIpc) is 3.46. The number of aromatic nitrogens is 3. The highest BCUT2D eigenvalue weighted by atomic mass is 32.2. The van der Waals surface area contributed by atoms with E-state index >= 15 is 0 Å². The molecule has 0 spiro atoms. The Kier molecular flexibility index (Phi) is 3.96. The van der Waals surface area contributed by atoms with Crippen LogP contribution in [0.2, 0.25) is 0 Å². The predicted molar refractivity (Wildman–Crippen MR) is 111 cm³/mol. The molecular formula is C19H13N5O3S2. The van der Waals surface area contributed by atoms with Crippen LogP contribution in [-0.4, -0.2) is 29.3 Å². The Labute approximate surface area is 168 Å². The molecule has 29 heavy (non-hydrogen) atoms. The van der Waals surface area contributed by atoms with Crippen LogP contribution in [0.1, 0.15) is 5.76 Å². The summed E-state index contributed by atoms with van der Waals surface area (Å²) in [5, 5.41) is 6.00. The van der Waals surface area contributed by atoms with Gasteiger partial charge in [-0.25, -0.2) is 18.4 Å². The first-order chi connectivity index (χ1) is 14.1. The number of fused-ring (bicyclic) bond motifs is 2. The fourth-order valence-corrected chi connectivity index (χ4v) is 5.58. The smallest absolute Gasteiger partial charge is 0.221 e. The van der Waals surface area contributed by atoms with Crippen LogP contribution in [0.4, 0.5) is 5.82 Å². The Morgan fingerprint density at radius 2 is 1.86 bits per heavy atom. The number of nitrogens with two attached hydrogens (primary N) is 1. The number of nitrogens with zero attached hydrogens (tertiary/aromatic N) is 4. The minimum atomic E-state index is -3.90. The van der Waals surface area contributed by atoms with Crippen molar-refractivity contribution >= 4 is 55.4 Å². The molecule has 1 aromatic carbocycles. The topological polar surface area (TPSA) is 116 Å². The third-order valence-electron chi connectivity index (χ3n) is 4.30. The van der Waals surface area contributed by atoms with Crippen molar-refractivity contribution in [3.63, 3.8) is 0 Å². The largest absolute Gasteiger partial charge is 0.463 e. The summed E-state index contributed by atoms with van der Waals surface area (Å²) < 4.78 is 33.3. The Balaban J connectivity index is 1.85. The number of furan rings is 1. The van der Waals surface area contributed by atoms with E-state index in [-0.39, 0.29) is 26.1 Å². The standard InChI is InChI=1S/C19H13N5O3S2/c20-18-17(29(25,26)15-8-4-10-28-15)16-19(23-14-7-2-1-6-13(14)22-16)24(18)21-11-12-5-3-9-27-12/h1-11H,20H2/b21-11+. The molecule has 4 aromatic heterocycles. The molecule has 0 radical (unpaired) electrons. The summed E-state index contributed by atoms with van der Waals surface area (Å²) in [6, 6.07) is 13.8. The molecule has 4 heterocycles. The Morgan fingerprint density at radius 3 is 2.55 bits per heavy atom. The predicted octanol–water partition coefficient (Wildman–Crippen LogP) is 3.54. The molecule has 0 bridgehead atoms. The lowest BCUT2D eigenvalue weighted by Gasteiger charge is -2.02. The van der Waals surface area contributed by atoms with Crippen LogP contribution in [0.25, 0.3) is 22.2 Å². The van der Waals surface area contributed by atoms with E-state index in [0.29, 0.717) is 16.8 Å². The van der Waals surface area contributed by atoms with Crippen LogP contribution in [0.5, 0.6) is 0 Å². The summed E-state index contributed by atoms with van der Waals surface area (Å²) in [6.07, 6.45) is 2.95. The number of anilines is 1. The van der Waals surface area contributed by atoms with Crippen molar-refractivity contribution in [1.82, 2.24) is 14.6 Å². The number of sulfone groups is 1. The first-order valence-corrected chi connectivity index (χ1v) is 10.8. The van der Waals surface area contributed by atoms with Crippen molar-refractivity contribution in [2.45, 2.75) is 9.10 Å². The highest BCUT2D eigenvalue weighted by Crippen LogP contribution is 2.36. The SMILES string of the molecule is Nc1c(S(=O)(=O)c2cccs2)c2nc3ccccc3nc2n1/N=C/c1ccco1. The molecule has 0 unspecified atom stereocenters. The maximum Gasteiger partial charge on any atom is 0.221 e. The first-order valence-electron chi connectivity index (χ1n) is 8.49. The molecular weight excluding hydrogens is 410 g/mol. The van der Waals surface area contributed by atoms with Gasteiger partial charge in [-0.1, -0.05) is 18.2 Å². The molecule has 0 amide bonds. The van der Waals surface area contributed by atoms with Gasteiger partial charge >= 0.3 is 0 Å². The van der Waals surface area contributed by atoms with Gasteiger partial charge in [0.25, 0.3) is 0 Å². The summed E-state index contributed by atoms with van der Waals surface area (Å²) >= 11 is 1.11. The third kappa shape index (κ3) is 2.80. The van der Waals surface area contributed by atoms with E-state index in [4.69, 9.17) is 10.2 Å². The molecule has 0 saturated heterocycles. The van der Waals surface area contributed by atoms with E-state index in [0.717, 1.165) is 11.3 Å². The maximum absolute atomic E-state index is 13.3. The molecule has 0 aliphatic carbocycles. The molecule has 5 aromatic rings. The van der Waals surface area contributed by atoms with Gasteiger partial charge in [0.05, 0.1) is 23.5 Å². The van der Waals surface area contributed by atoms with Crippen molar-refractivity contribution in [3.05, 3.63) is 65.9 Å². The zero-order valence-corrected chi connectivity index (χ0v) is 16.4. The second-order valence-electron chi connectivity index (χ2n) is 6.11. The van der Waals surface area contributed by atoms with Gasteiger partial charge in [0.15, 0.2) is 5.65 Å². The van der Waals surface area contributed by atoms with Crippen molar-refractivity contribution < 1.29 is 12.8 Å². The molecule has 0 aliphatic rings. The quantitative estimate of drug-likeness (QED) is 0.442. The van der Waals surface area contributed by atoms with Gasteiger partial charge in [0, 0.05) is 0 Å². The van der Waals surface area contributed by atoms with E-state index in [9.17, 15) is 8.42 Å². The third-order valence-corrected chi connectivity index (χ3v) is 7.52. The van der Waals surface area contributed by atoms with Gasteiger partial charge in [0.1, 0.15) is 26.2 Å². The number of rotatable bonds is 4. The molecule has 0 saturated carbocycles. The lowest BCUT2D eigenvalue weighted by molar-refractivity contribution is 0.559. The fraction of sp³-hybridized carbons (Fsp3) is 0. The molecule has 0 atom stereocenters. The van der Waals surface area contributed by atoms with Gasteiger partial charge in [-0.15, -0.1) is 11.3 Å². The van der Waals surface area contributed by atoms with Gasteiger partial charge in [-0.2, -0.15) is 9.78 Å². The first kappa shape index (κ1) is 17.6. The van der Waals surface area contributed by atoms with Gasteiger partial charge in [0.2, 0.25) is 9.84 Å². The summed E-state index contributed by atoms with van der Waals surface area (Å²) in [5.74, 6) is 0.425. The monoisotopic (exact) mass is 423 g/mol. The lowest BCUT2D eigenvalue weighted by Crippen LogP contribution is -2.05. The van der Waals surface area contributed by atoms with Crippen LogP contribution in [0.15, 0.2) is 78.8 Å². The van der Waals surface area contributed by atoms with Crippen LogP contribution < -0.4 is 5.73 Å². The fourth-order valence-electron chi connectivity index (χ4n) is 3.00. The van der Waals surface area contributed by atoms with Crippen molar-refractivity contribution in [2.75, 3.05) is 5.73 Å². The summed E-state index contributed by atoms with van der Waals surface area (Å²) in [5.41, 5.74) is 7.86. The molecule has 144 valence electrons. The summed E-state index contributed by atoms with van der Waals surface area (Å²) in [4.78, 5) is 9.01. The maximum atomic E-state index is 13.3. The number of thiophene rings is 1. The Bertz CT molecular complexity index is 1470.